The summed E-state index contributed by atoms with van der Waals surface area (Å²) in [5, 5.41) is 7.48. The number of piperidine rings is 1. The molecule has 180 valence electrons. The third kappa shape index (κ3) is 6.41. The molecule has 2 aliphatic carbocycles. The fourth-order valence-electron chi connectivity index (χ4n) is 5.80. The highest BCUT2D eigenvalue weighted by Gasteiger charge is 2.40. The van der Waals surface area contributed by atoms with Gasteiger partial charge in [0.05, 0.1) is 6.26 Å². The van der Waals surface area contributed by atoms with Crippen molar-refractivity contribution in [2.24, 2.45) is 22.7 Å². The zero-order valence-corrected chi connectivity index (χ0v) is 22.1. The number of nitrogens with one attached hydrogen (secondary N) is 2. The van der Waals surface area contributed by atoms with Crippen LogP contribution in [-0.2, 0) is 11.2 Å². The molecule has 6 nitrogen and oxygen atoms in total. The van der Waals surface area contributed by atoms with E-state index in [1.807, 2.05) is 12.1 Å². The molecule has 1 aromatic heterocycles. The van der Waals surface area contributed by atoms with Gasteiger partial charge in [0, 0.05) is 44.1 Å². The molecular weight excluding hydrogens is 515 g/mol. The minimum atomic E-state index is 0. The largest absolute Gasteiger partial charge is 0.469 e. The van der Waals surface area contributed by atoms with Gasteiger partial charge in [-0.15, -0.1) is 24.0 Å². The molecule has 1 aliphatic heterocycles. The third-order valence-corrected chi connectivity index (χ3v) is 7.75. The van der Waals surface area contributed by atoms with Crippen LogP contribution in [0.15, 0.2) is 27.8 Å². The van der Waals surface area contributed by atoms with Crippen LogP contribution in [-0.4, -0.2) is 48.5 Å². The van der Waals surface area contributed by atoms with Crippen molar-refractivity contribution in [2.75, 3.05) is 19.6 Å². The molecule has 3 unspecified atom stereocenters. The van der Waals surface area contributed by atoms with Crippen molar-refractivity contribution in [3.63, 3.8) is 0 Å². The van der Waals surface area contributed by atoms with Gasteiger partial charge in [0.1, 0.15) is 5.76 Å². The highest BCUT2D eigenvalue weighted by Crippen LogP contribution is 2.44. The Morgan fingerprint density at radius 2 is 1.94 bits per heavy atom. The Bertz CT molecular complexity index is 726. The first-order valence-corrected chi connectivity index (χ1v) is 12.5. The van der Waals surface area contributed by atoms with Crippen LogP contribution in [0, 0.1) is 17.8 Å². The lowest BCUT2D eigenvalue weighted by molar-refractivity contribution is -0.136. The Balaban J connectivity index is 0.00000289. The number of amides is 1. The molecule has 1 amide bonds. The minimum absolute atomic E-state index is 0. The Hall–Kier alpha value is -1.25. The van der Waals surface area contributed by atoms with Crippen LogP contribution < -0.4 is 10.6 Å². The molecular formula is C25H41IN4O2. The predicted octanol–water partition coefficient (Wildman–Crippen LogP) is 4.59. The summed E-state index contributed by atoms with van der Waals surface area (Å²) in [5.41, 5.74) is 0. The monoisotopic (exact) mass is 556 g/mol. The van der Waals surface area contributed by atoms with Crippen LogP contribution >= 0.6 is 24.0 Å². The SMILES string of the molecule is CCC(CC)C(=O)N1CCC(NC(=NCCc2ccco2)NC2CC3CCC2C3)CC1.I. The Kier molecular flexibility index (Phi) is 9.74. The second-order valence-electron chi connectivity index (χ2n) is 9.74. The van der Waals surface area contributed by atoms with E-state index < -0.39 is 0 Å². The summed E-state index contributed by atoms with van der Waals surface area (Å²) in [6.07, 6.45) is 11.8. The topological polar surface area (TPSA) is 69.9 Å². The fraction of sp³-hybridized carbons (Fsp3) is 0.760. The molecule has 4 rings (SSSR count). The number of guanidine groups is 1. The third-order valence-electron chi connectivity index (χ3n) is 7.75. The Morgan fingerprint density at radius 3 is 2.53 bits per heavy atom. The standard InChI is InChI=1S/C25H40N4O2.HI/c1-3-19(4-2)24(30)29-13-10-21(11-14-29)27-25(26-12-9-22-6-5-15-31-22)28-23-17-18-7-8-20(23)16-18;/h5-6,15,18-21,23H,3-4,7-14,16-17H2,1-2H3,(H2,26,27,28);1H. The van der Waals surface area contributed by atoms with Crippen molar-refractivity contribution in [2.45, 2.75) is 83.7 Å². The predicted molar refractivity (Wildman–Crippen MR) is 139 cm³/mol. The van der Waals surface area contributed by atoms with E-state index >= 15 is 0 Å². The number of hydrogen-bond donors (Lipinski definition) is 2. The molecule has 2 bridgehead atoms. The second-order valence-corrected chi connectivity index (χ2v) is 9.74. The number of furan rings is 1. The van der Waals surface area contributed by atoms with Gasteiger partial charge in [-0.05, 0) is 68.9 Å². The zero-order chi connectivity index (χ0) is 21.6. The molecule has 2 saturated carbocycles. The first-order valence-electron chi connectivity index (χ1n) is 12.5. The zero-order valence-electron chi connectivity index (χ0n) is 19.7. The molecule has 3 aliphatic rings. The number of carbonyl (C=O) groups is 1. The molecule has 1 aromatic rings. The first-order chi connectivity index (χ1) is 15.2. The van der Waals surface area contributed by atoms with E-state index in [4.69, 9.17) is 9.41 Å². The van der Waals surface area contributed by atoms with Gasteiger partial charge in [0.25, 0.3) is 0 Å². The van der Waals surface area contributed by atoms with E-state index in [1.165, 1.54) is 25.7 Å². The second kappa shape index (κ2) is 12.3. The van der Waals surface area contributed by atoms with Gasteiger partial charge in [-0.3, -0.25) is 9.79 Å². The first kappa shape index (κ1) is 25.4. The number of hydrogen-bond acceptors (Lipinski definition) is 3. The average molecular weight is 557 g/mol. The molecule has 7 heteroatoms. The summed E-state index contributed by atoms with van der Waals surface area (Å²) in [6, 6.07) is 4.88. The summed E-state index contributed by atoms with van der Waals surface area (Å²) in [6.45, 7) is 6.65. The van der Waals surface area contributed by atoms with Crippen molar-refractivity contribution < 1.29 is 9.21 Å². The van der Waals surface area contributed by atoms with Gasteiger partial charge in [0.2, 0.25) is 5.91 Å². The van der Waals surface area contributed by atoms with Crippen LogP contribution in [0.1, 0.15) is 71.0 Å². The summed E-state index contributed by atoms with van der Waals surface area (Å²) in [5.74, 6) is 4.18. The molecule has 32 heavy (non-hydrogen) atoms. The van der Waals surface area contributed by atoms with Crippen LogP contribution in [0.3, 0.4) is 0 Å². The number of carbonyl (C=O) groups excluding carboxylic acids is 1. The number of rotatable bonds is 8. The maximum absolute atomic E-state index is 12.7. The maximum atomic E-state index is 12.7. The van der Waals surface area contributed by atoms with Gasteiger partial charge in [-0.2, -0.15) is 0 Å². The molecule has 2 N–H and O–H groups in total. The lowest BCUT2D eigenvalue weighted by atomic mass is 9.95. The number of aliphatic imine (C=N–C) groups is 1. The van der Waals surface area contributed by atoms with E-state index in [2.05, 4.69) is 29.4 Å². The van der Waals surface area contributed by atoms with E-state index in [0.717, 1.165) is 75.3 Å². The van der Waals surface area contributed by atoms with E-state index in [0.29, 0.717) is 18.0 Å². The number of likely N-dealkylation sites (tertiary alicyclic amines) is 1. The highest BCUT2D eigenvalue weighted by atomic mass is 127. The quantitative estimate of drug-likeness (QED) is 0.279. The Morgan fingerprint density at radius 1 is 1.16 bits per heavy atom. The molecule has 1 saturated heterocycles. The molecule has 0 aromatic carbocycles. The number of nitrogens with zero attached hydrogens (tertiary/aromatic N) is 2. The molecule has 0 spiro atoms. The summed E-state index contributed by atoms with van der Waals surface area (Å²) >= 11 is 0. The summed E-state index contributed by atoms with van der Waals surface area (Å²) in [4.78, 5) is 19.7. The van der Waals surface area contributed by atoms with Crippen LogP contribution in [0.4, 0.5) is 0 Å². The van der Waals surface area contributed by atoms with Crippen molar-refractivity contribution >= 4 is 35.8 Å². The lowest BCUT2D eigenvalue weighted by Gasteiger charge is -2.35. The van der Waals surface area contributed by atoms with Gasteiger partial charge in [-0.25, -0.2) is 0 Å². The number of halogens is 1. The van der Waals surface area contributed by atoms with Crippen molar-refractivity contribution in [1.82, 2.24) is 15.5 Å². The van der Waals surface area contributed by atoms with E-state index in [9.17, 15) is 4.79 Å². The van der Waals surface area contributed by atoms with Crippen molar-refractivity contribution in [3.8, 4) is 0 Å². The highest BCUT2D eigenvalue weighted by molar-refractivity contribution is 14.0. The molecule has 3 fully saturated rings. The van der Waals surface area contributed by atoms with Gasteiger partial charge in [-0.1, -0.05) is 20.3 Å². The number of fused-ring (bicyclic) bond motifs is 2. The molecule has 3 atom stereocenters. The summed E-state index contributed by atoms with van der Waals surface area (Å²) < 4.78 is 5.46. The van der Waals surface area contributed by atoms with E-state index in [1.54, 1.807) is 6.26 Å². The fourth-order valence-corrected chi connectivity index (χ4v) is 5.80. The smallest absolute Gasteiger partial charge is 0.225 e. The normalized spacial score (nSPS) is 25.8. The summed E-state index contributed by atoms with van der Waals surface area (Å²) in [7, 11) is 0. The minimum Gasteiger partial charge on any atom is -0.469 e. The van der Waals surface area contributed by atoms with Crippen LogP contribution in [0.5, 0.6) is 0 Å². The van der Waals surface area contributed by atoms with E-state index in [-0.39, 0.29) is 29.9 Å². The van der Waals surface area contributed by atoms with Gasteiger partial charge >= 0.3 is 0 Å². The lowest BCUT2D eigenvalue weighted by Crippen LogP contribution is -2.53. The Labute approximate surface area is 210 Å². The molecule has 2 heterocycles. The molecule has 0 radical (unpaired) electrons. The average Bonchev–Trinajstić information content (AvgIpc) is 3.54. The van der Waals surface area contributed by atoms with Crippen LogP contribution in [0.2, 0.25) is 0 Å². The van der Waals surface area contributed by atoms with Gasteiger partial charge in [0.15, 0.2) is 5.96 Å². The van der Waals surface area contributed by atoms with Gasteiger partial charge < -0.3 is 20.0 Å². The van der Waals surface area contributed by atoms with Crippen molar-refractivity contribution in [1.29, 1.82) is 0 Å². The maximum Gasteiger partial charge on any atom is 0.225 e. The van der Waals surface area contributed by atoms with Crippen molar-refractivity contribution in [3.05, 3.63) is 24.2 Å². The van der Waals surface area contributed by atoms with Crippen LogP contribution in [0.25, 0.3) is 0 Å².